The van der Waals surface area contributed by atoms with Crippen molar-refractivity contribution in [1.82, 2.24) is 10.4 Å². The highest BCUT2D eigenvalue weighted by molar-refractivity contribution is 8.15. The second kappa shape index (κ2) is 5.07. The topological polar surface area (TPSA) is 41.3 Å². The molecule has 0 aromatic carbocycles. The van der Waals surface area contributed by atoms with Crippen LogP contribution in [0.15, 0.2) is 11.5 Å². The van der Waals surface area contributed by atoms with E-state index in [4.69, 9.17) is 5.14 Å². The van der Waals surface area contributed by atoms with Gasteiger partial charge >= 0.3 is 0 Å². The first-order valence-corrected chi connectivity index (χ1v) is 6.44. The zero-order valence-corrected chi connectivity index (χ0v) is 10.1. The molecule has 3 N–H and O–H groups in total. The molecule has 1 heterocycles. The van der Waals surface area contributed by atoms with Crippen LogP contribution in [0, 0.1) is 0 Å². The van der Waals surface area contributed by atoms with Gasteiger partial charge in [-0.3, -0.25) is 10.6 Å². The molecule has 0 radical (unpaired) electrons. The molecule has 4 heteroatoms. The van der Waals surface area contributed by atoms with Crippen LogP contribution in [0.25, 0.3) is 0 Å². The van der Waals surface area contributed by atoms with Crippen LogP contribution in [-0.2, 0) is 0 Å². The first kappa shape index (κ1) is 11.9. The summed E-state index contributed by atoms with van der Waals surface area (Å²) < 4.78 is 0. The fourth-order valence-electron chi connectivity index (χ4n) is 1.83. The van der Waals surface area contributed by atoms with E-state index in [0.717, 1.165) is 6.54 Å². The Morgan fingerprint density at radius 3 is 2.86 bits per heavy atom. The quantitative estimate of drug-likeness (QED) is 0.700. The maximum Gasteiger partial charge on any atom is 0.0513 e. The number of hydrogen-bond acceptors (Lipinski definition) is 3. The van der Waals surface area contributed by atoms with Gasteiger partial charge in [0.15, 0.2) is 0 Å². The van der Waals surface area contributed by atoms with Crippen LogP contribution < -0.4 is 10.6 Å². The average Bonchev–Trinajstić information content (AvgIpc) is 2.56. The number of hydrogen-bond donors (Lipinski definition) is 2. The van der Waals surface area contributed by atoms with Crippen LogP contribution in [0.5, 0.6) is 0 Å². The fraction of sp³-hybridized carbons (Fsp3) is 0.700. The molecule has 0 amide bonds. The lowest BCUT2D eigenvalue weighted by Gasteiger charge is -2.31. The fourth-order valence-corrected chi connectivity index (χ4v) is 2.44. The van der Waals surface area contributed by atoms with Crippen LogP contribution in [0.3, 0.4) is 0 Å². The standard InChI is InChI=1S/C10H21N3S/c1-4-14(11)9-7-10(2)6-5-8-13(10)12-3/h4,7,9,12H,5-6,8,11H2,1-3H3/b9-7+/t10-,14?/m0/s1. The highest BCUT2D eigenvalue weighted by Crippen LogP contribution is 2.28. The van der Waals surface area contributed by atoms with Crippen molar-refractivity contribution in [2.45, 2.75) is 32.2 Å². The van der Waals surface area contributed by atoms with E-state index in [-0.39, 0.29) is 16.2 Å². The van der Waals surface area contributed by atoms with E-state index in [0.29, 0.717) is 0 Å². The molecule has 0 spiro atoms. The molecule has 0 aromatic heterocycles. The van der Waals surface area contributed by atoms with Gasteiger partial charge in [0, 0.05) is 6.54 Å². The van der Waals surface area contributed by atoms with E-state index in [1.807, 2.05) is 19.3 Å². The maximum atomic E-state index is 5.84. The normalized spacial score (nSPS) is 31.7. The first-order valence-electron chi connectivity index (χ1n) is 5.02. The van der Waals surface area contributed by atoms with Crippen molar-refractivity contribution in [3.05, 3.63) is 11.5 Å². The molecule has 1 unspecified atom stereocenters. The number of nitrogens with one attached hydrogen (secondary N) is 1. The number of nitrogens with two attached hydrogens (primary N) is 1. The largest absolute Gasteiger partial charge is 0.280 e. The zero-order chi connectivity index (χ0) is 10.6. The van der Waals surface area contributed by atoms with E-state index < -0.39 is 0 Å². The molecule has 14 heavy (non-hydrogen) atoms. The molecular formula is C10H21N3S. The monoisotopic (exact) mass is 215 g/mol. The van der Waals surface area contributed by atoms with Gasteiger partial charge < -0.3 is 0 Å². The first-order chi connectivity index (χ1) is 6.62. The van der Waals surface area contributed by atoms with Crippen molar-refractivity contribution in [3.63, 3.8) is 0 Å². The average molecular weight is 215 g/mol. The van der Waals surface area contributed by atoms with Crippen molar-refractivity contribution in [2.75, 3.05) is 13.6 Å². The molecule has 0 bridgehead atoms. The van der Waals surface area contributed by atoms with Gasteiger partial charge in [0.1, 0.15) is 0 Å². The van der Waals surface area contributed by atoms with E-state index in [1.54, 1.807) is 0 Å². The number of rotatable bonds is 3. The van der Waals surface area contributed by atoms with Gasteiger partial charge in [-0.2, -0.15) is 0 Å². The van der Waals surface area contributed by atoms with Gasteiger partial charge in [-0.1, -0.05) is 6.08 Å². The Balaban J connectivity index is 2.69. The Labute approximate surface area is 89.4 Å². The molecule has 82 valence electrons. The third-order valence-electron chi connectivity index (χ3n) is 2.81. The molecule has 0 aliphatic carbocycles. The Morgan fingerprint density at radius 2 is 2.29 bits per heavy atom. The summed E-state index contributed by atoms with van der Waals surface area (Å²) >= 11 is 0. The predicted molar refractivity (Wildman–Crippen MR) is 66.1 cm³/mol. The predicted octanol–water partition coefficient (Wildman–Crippen LogP) is 1.45. The maximum absolute atomic E-state index is 5.84. The Kier molecular flexibility index (Phi) is 4.31. The van der Waals surface area contributed by atoms with Crippen molar-refractivity contribution >= 4 is 16.0 Å². The summed E-state index contributed by atoms with van der Waals surface area (Å²) in [5.41, 5.74) is 3.37. The minimum atomic E-state index is -0.176. The van der Waals surface area contributed by atoms with Crippen LogP contribution in [0.2, 0.25) is 0 Å². The van der Waals surface area contributed by atoms with Gasteiger partial charge in [-0.15, -0.1) is 10.7 Å². The van der Waals surface area contributed by atoms with Gasteiger partial charge in [-0.25, -0.2) is 5.01 Å². The molecule has 2 atom stereocenters. The summed E-state index contributed by atoms with van der Waals surface area (Å²) in [6.45, 7) is 5.37. The van der Waals surface area contributed by atoms with Crippen LogP contribution in [0.1, 0.15) is 26.7 Å². The van der Waals surface area contributed by atoms with Crippen molar-refractivity contribution in [1.29, 1.82) is 0 Å². The molecule has 1 aliphatic heterocycles. The molecule has 1 rings (SSSR count). The molecule has 3 nitrogen and oxygen atoms in total. The summed E-state index contributed by atoms with van der Waals surface area (Å²) in [6.07, 6.45) is 4.68. The summed E-state index contributed by atoms with van der Waals surface area (Å²) in [7, 11) is 1.80. The Bertz CT molecular complexity index is 250. The van der Waals surface area contributed by atoms with Crippen LogP contribution in [-0.4, -0.2) is 29.5 Å². The summed E-state index contributed by atoms with van der Waals surface area (Å²) in [5.74, 6) is 0. The molecule has 1 saturated heterocycles. The molecule has 1 fully saturated rings. The molecule has 0 aromatic rings. The smallest absolute Gasteiger partial charge is 0.0513 e. The summed E-state index contributed by atoms with van der Waals surface area (Å²) in [6, 6.07) is 0. The molecular weight excluding hydrogens is 194 g/mol. The van der Waals surface area contributed by atoms with E-state index in [1.165, 1.54) is 12.8 Å². The lowest BCUT2D eigenvalue weighted by Crippen LogP contribution is -2.46. The lowest BCUT2D eigenvalue weighted by atomic mass is 10.0. The minimum Gasteiger partial charge on any atom is -0.280 e. The second-order valence-corrected chi connectivity index (χ2v) is 5.34. The second-order valence-electron chi connectivity index (χ2n) is 3.78. The third-order valence-corrected chi connectivity index (χ3v) is 3.80. The van der Waals surface area contributed by atoms with E-state index >= 15 is 0 Å². The Hall–Kier alpha value is -0.160. The van der Waals surface area contributed by atoms with Gasteiger partial charge in [0.05, 0.1) is 5.54 Å². The highest BCUT2D eigenvalue weighted by atomic mass is 32.2. The minimum absolute atomic E-state index is 0.141. The van der Waals surface area contributed by atoms with Crippen molar-refractivity contribution in [3.8, 4) is 0 Å². The van der Waals surface area contributed by atoms with Gasteiger partial charge in [0.25, 0.3) is 0 Å². The highest BCUT2D eigenvalue weighted by Gasteiger charge is 2.33. The van der Waals surface area contributed by atoms with Crippen LogP contribution in [0.4, 0.5) is 0 Å². The number of nitrogens with zero attached hydrogens (tertiary/aromatic N) is 1. The SMILES string of the molecule is C/C=S(N)\C=C\[C@]1(C)CCCN1NC. The van der Waals surface area contributed by atoms with E-state index in [2.05, 4.69) is 28.8 Å². The van der Waals surface area contributed by atoms with Gasteiger partial charge in [-0.05, 0) is 44.5 Å². The van der Waals surface area contributed by atoms with Crippen molar-refractivity contribution in [2.24, 2.45) is 5.14 Å². The third kappa shape index (κ3) is 2.67. The van der Waals surface area contributed by atoms with Crippen LogP contribution >= 0.6 is 10.7 Å². The molecule has 0 saturated carbocycles. The number of hydrazine groups is 1. The summed E-state index contributed by atoms with van der Waals surface area (Å²) in [5, 5.41) is 12.3. The van der Waals surface area contributed by atoms with E-state index in [9.17, 15) is 0 Å². The van der Waals surface area contributed by atoms with Crippen molar-refractivity contribution < 1.29 is 0 Å². The Morgan fingerprint density at radius 1 is 1.57 bits per heavy atom. The van der Waals surface area contributed by atoms with Gasteiger partial charge in [0.2, 0.25) is 0 Å². The lowest BCUT2D eigenvalue weighted by molar-refractivity contribution is 0.145. The summed E-state index contributed by atoms with van der Waals surface area (Å²) in [4.78, 5) is 0. The zero-order valence-electron chi connectivity index (χ0n) is 9.29. The molecule has 1 aliphatic rings.